The van der Waals surface area contributed by atoms with Crippen LogP contribution < -0.4 is 10.9 Å². The van der Waals surface area contributed by atoms with Crippen molar-refractivity contribution in [1.29, 1.82) is 0 Å². The van der Waals surface area contributed by atoms with Gasteiger partial charge in [-0.05, 0) is 40.9 Å². The molecule has 3 heterocycles. The number of rotatable bonds is 4. The number of hydrogen-bond donors (Lipinski definition) is 1. The van der Waals surface area contributed by atoms with Crippen LogP contribution in [0.5, 0.6) is 0 Å². The number of benzene rings is 1. The van der Waals surface area contributed by atoms with E-state index in [1.54, 1.807) is 29.0 Å². The maximum absolute atomic E-state index is 12.7. The summed E-state index contributed by atoms with van der Waals surface area (Å²) in [5, 5.41) is 8.60. The van der Waals surface area contributed by atoms with Gasteiger partial charge in [-0.1, -0.05) is 18.2 Å². The molecule has 4 aromatic rings. The fourth-order valence-electron chi connectivity index (χ4n) is 3.41. The number of fused-ring (bicyclic) bond motifs is 3. The van der Waals surface area contributed by atoms with Gasteiger partial charge < -0.3 is 14.5 Å². The molecule has 0 spiro atoms. The molecule has 3 aromatic heterocycles. The van der Waals surface area contributed by atoms with Crippen molar-refractivity contribution in [1.82, 2.24) is 14.5 Å². The molecule has 0 radical (unpaired) electrons. The van der Waals surface area contributed by atoms with Crippen LogP contribution in [0.25, 0.3) is 21.8 Å². The first-order chi connectivity index (χ1) is 12.6. The normalized spacial score (nSPS) is 11.3. The molecule has 0 bridgehead atoms. The highest BCUT2D eigenvalue weighted by Gasteiger charge is 2.18. The van der Waals surface area contributed by atoms with Gasteiger partial charge in [-0.15, -0.1) is 0 Å². The molecule has 0 aliphatic heterocycles. The first kappa shape index (κ1) is 16.6. The molecule has 5 nitrogen and oxygen atoms in total. The highest BCUT2D eigenvalue weighted by molar-refractivity contribution is 7.07. The number of carbonyl (C=O) groups excluding carboxylic acids is 1. The van der Waals surface area contributed by atoms with E-state index in [2.05, 4.69) is 16.8 Å². The Hall–Kier alpha value is -2.86. The predicted octanol–water partition coefficient (Wildman–Crippen LogP) is 3.06. The number of aromatic nitrogens is 2. The highest BCUT2D eigenvalue weighted by Crippen LogP contribution is 2.24. The lowest BCUT2D eigenvalue weighted by Gasteiger charge is -2.09. The molecule has 1 N–H and O–H groups in total. The Bertz CT molecular complexity index is 1170. The molecule has 0 unspecified atom stereocenters. The first-order valence-corrected chi connectivity index (χ1v) is 9.38. The summed E-state index contributed by atoms with van der Waals surface area (Å²) in [4.78, 5) is 25.4. The minimum Gasteiger partial charge on any atom is -0.350 e. The summed E-state index contributed by atoms with van der Waals surface area (Å²) >= 11 is 1.65. The molecule has 4 rings (SSSR count). The van der Waals surface area contributed by atoms with Crippen molar-refractivity contribution in [2.45, 2.75) is 6.42 Å². The average Bonchev–Trinajstić information content (AvgIpc) is 3.28. The smallest absolute Gasteiger partial charge is 0.267 e. The van der Waals surface area contributed by atoms with E-state index in [0.29, 0.717) is 17.6 Å². The van der Waals surface area contributed by atoms with Crippen molar-refractivity contribution in [3.63, 3.8) is 0 Å². The third-order valence-electron chi connectivity index (χ3n) is 4.80. The van der Waals surface area contributed by atoms with E-state index in [0.717, 1.165) is 22.8 Å². The van der Waals surface area contributed by atoms with Gasteiger partial charge in [0.05, 0.1) is 16.4 Å². The monoisotopic (exact) mass is 365 g/mol. The maximum Gasteiger partial charge on any atom is 0.267 e. The molecular formula is C20H19N3O2S. The van der Waals surface area contributed by atoms with Gasteiger partial charge in [-0.25, -0.2) is 0 Å². The Labute approximate surface area is 154 Å². The molecular weight excluding hydrogens is 346 g/mol. The molecule has 0 aliphatic carbocycles. The van der Waals surface area contributed by atoms with Gasteiger partial charge in [0, 0.05) is 26.0 Å². The van der Waals surface area contributed by atoms with E-state index in [1.165, 1.54) is 5.56 Å². The summed E-state index contributed by atoms with van der Waals surface area (Å²) in [6, 6.07) is 11.5. The van der Waals surface area contributed by atoms with Crippen molar-refractivity contribution in [3.05, 3.63) is 68.8 Å². The van der Waals surface area contributed by atoms with Crippen LogP contribution in [0, 0.1) is 0 Å². The van der Waals surface area contributed by atoms with Crippen LogP contribution in [0.4, 0.5) is 0 Å². The summed E-state index contributed by atoms with van der Waals surface area (Å²) in [7, 11) is 3.60. The Morgan fingerprint density at radius 1 is 1.12 bits per heavy atom. The predicted molar refractivity (Wildman–Crippen MR) is 106 cm³/mol. The van der Waals surface area contributed by atoms with Crippen LogP contribution >= 0.6 is 11.3 Å². The molecule has 132 valence electrons. The van der Waals surface area contributed by atoms with Gasteiger partial charge in [0.2, 0.25) is 0 Å². The zero-order valence-electron chi connectivity index (χ0n) is 14.7. The SMILES string of the molecule is Cn1c(C(=O)NCCc2ccsc2)cc2c(=O)n(C)c3ccccc3c21. The summed E-state index contributed by atoms with van der Waals surface area (Å²) < 4.78 is 3.45. The topological polar surface area (TPSA) is 56.0 Å². The van der Waals surface area contributed by atoms with E-state index in [9.17, 15) is 9.59 Å². The summed E-state index contributed by atoms with van der Waals surface area (Å²) in [5.74, 6) is -0.162. The van der Waals surface area contributed by atoms with Gasteiger partial charge in [-0.2, -0.15) is 11.3 Å². The Balaban J connectivity index is 1.73. The minimum absolute atomic E-state index is 0.0911. The molecule has 0 aliphatic rings. The van der Waals surface area contributed by atoms with E-state index >= 15 is 0 Å². The molecule has 26 heavy (non-hydrogen) atoms. The molecule has 0 saturated carbocycles. The number of carbonyl (C=O) groups is 1. The second-order valence-corrected chi connectivity index (χ2v) is 7.15. The van der Waals surface area contributed by atoms with Crippen molar-refractivity contribution in [3.8, 4) is 0 Å². The number of nitrogens with zero attached hydrogens (tertiary/aromatic N) is 2. The van der Waals surface area contributed by atoms with Gasteiger partial charge >= 0.3 is 0 Å². The van der Waals surface area contributed by atoms with Crippen LogP contribution in [0.15, 0.2) is 52.0 Å². The van der Waals surface area contributed by atoms with Crippen LogP contribution in [-0.2, 0) is 20.5 Å². The van der Waals surface area contributed by atoms with Gasteiger partial charge in [0.15, 0.2) is 0 Å². The minimum atomic E-state index is -0.162. The lowest BCUT2D eigenvalue weighted by atomic mass is 10.1. The number of aryl methyl sites for hydroxylation is 2. The van der Waals surface area contributed by atoms with Crippen molar-refractivity contribution >= 4 is 39.0 Å². The summed E-state index contributed by atoms with van der Waals surface area (Å²) in [5.41, 5.74) is 3.28. The van der Waals surface area contributed by atoms with Crippen LogP contribution in [0.1, 0.15) is 16.1 Å². The number of hydrogen-bond acceptors (Lipinski definition) is 3. The van der Waals surface area contributed by atoms with Gasteiger partial charge in [0.25, 0.3) is 11.5 Å². The molecule has 0 atom stereocenters. The van der Waals surface area contributed by atoms with E-state index < -0.39 is 0 Å². The molecule has 0 saturated heterocycles. The third kappa shape index (κ3) is 2.63. The fourth-order valence-corrected chi connectivity index (χ4v) is 4.12. The number of nitrogens with one attached hydrogen (secondary N) is 1. The number of para-hydroxylation sites is 1. The Kier molecular flexibility index (Phi) is 4.12. The second-order valence-electron chi connectivity index (χ2n) is 6.37. The second kappa shape index (κ2) is 6.46. The standard InChI is InChI=1S/C20H19N3O2S/c1-22-17(19(24)21-9-7-13-8-10-26-12-13)11-15-18(22)14-5-3-4-6-16(14)23(2)20(15)25/h3-6,8,10-12H,7,9H2,1-2H3,(H,21,24). The van der Waals surface area contributed by atoms with Gasteiger partial charge in [0.1, 0.15) is 5.69 Å². The average molecular weight is 365 g/mol. The van der Waals surface area contributed by atoms with Gasteiger partial charge in [-0.3, -0.25) is 9.59 Å². The first-order valence-electron chi connectivity index (χ1n) is 8.44. The Morgan fingerprint density at radius 3 is 2.69 bits per heavy atom. The number of pyridine rings is 1. The van der Waals surface area contributed by atoms with E-state index in [1.807, 2.05) is 41.3 Å². The maximum atomic E-state index is 12.7. The lowest BCUT2D eigenvalue weighted by molar-refractivity contribution is 0.0946. The van der Waals surface area contributed by atoms with Crippen LogP contribution in [-0.4, -0.2) is 21.6 Å². The van der Waals surface area contributed by atoms with Crippen molar-refractivity contribution in [2.75, 3.05) is 6.54 Å². The zero-order chi connectivity index (χ0) is 18.3. The van der Waals surface area contributed by atoms with E-state index in [4.69, 9.17) is 0 Å². The molecule has 1 amide bonds. The van der Waals surface area contributed by atoms with Crippen molar-refractivity contribution in [2.24, 2.45) is 14.1 Å². The molecule has 0 fully saturated rings. The lowest BCUT2D eigenvalue weighted by Crippen LogP contribution is -2.27. The summed E-state index contributed by atoms with van der Waals surface area (Å²) in [6.45, 7) is 0.565. The van der Waals surface area contributed by atoms with Crippen LogP contribution in [0.3, 0.4) is 0 Å². The third-order valence-corrected chi connectivity index (χ3v) is 5.53. The largest absolute Gasteiger partial charge is 0.350 e. The highest BCUT2D eigenvalue weighted by atomic mass is 32.1. The van der Waals surface area contributed by atoms with Crippen molar-refractivity contribution < 1.29 is 4.79 Å². The Morgan fingerprint density at radius 2 is 1.92 bits per heavy atom. The van der Waals surface area contributed by atoms with E-state index in [-0.39, 0.29) is 11.5 Å². The quantitative estimate of drug-likeness (QED) is 0.604. The number of thiophene rings is 1. The zero-order valence-corrected chi connectivity index (χ0v) is 15.5. The summed E-state index contributed by atoms with van der Waals surface area (Å²) in [6.07, 6.45) is 0.796. The molecule has 1 aromatic carbocycles. The fraction of sp³-hybridized carbons (Fsp3) is 0.200. The molecule has 6 heteroatoms. The number of amides is 1. The van der Waals surface area contributed by atoms with Crippen LogP contribution in [0.2, 0.25) is 0 Å².